The van der Waals surface area contributed by atoms with E-state index in [9.17, 15) is 24.4 Å². The molecule has 2 aromatic rings. The van der Waals surface area contributed by atoms with E-state index in [0.717, 1.165) is 0 Å². The van der Waals surface area contributed by atoms with Crippen molar-refractivity contribution in [2.75, 3.05) is 18.5 Å². The number of hydrogen-bond acceptors (Lipinski definition) is 5. The Morgan fingerprint density at radius 1 is 1.29 bits per heavy atom. The van der Waals surface area contributed by atoms with Gasteiger partial charge in [0.25, 0.3) is 5.69 Å². The number of benzene rings is 2. The molecule has 0 spiro atoms. The number of Topliss-reactive ketones (excluding diaryl/α,β-unsaturated/α-hetero) is 1. The third-order valence-corrected chi connectivity index (χ3v) is 3.69. The summed E-state index contributed by atoms with van der Waals surface area (Å²) in [5.41, 5.74) is 0.826. The zero-order chi connectivity index (χ0) is 17.9. The van der Waals surface area contributed by atoms with Crippen molar-refractivity contribution >= 4 is 17.2 Å². The van der Waals surface area contributed by atoms with Gasteiger partial charge < -0.3 is 10.0 Å². The molecule has 126 valence electrons. The fraction of sp³-hybridized carbons (Fsp3) is 0.235. The Morgan fingerprint density at radius 2 is 1.92 bits per heavy atom. The topological polar surface area (TPSA) is 83.7 Å². The van der Waals surface area contributed by atoms with Crippen molar-refractivity contribution in [2.24, 2.45) is 0 Å². The van der Waals surface area contributed by atoms with Crippen LogP contribution in [0.4, 0.5) is 15.8 Å². The fourth-order valence-corrected chi connectivity index (χ4v) is 2.36. The SMILES string of the molecule is CC(=O)c1ccc(N(C)C[C@H](O)c2ccc(F)cc2)c([N+](=O)[O-])c1. The van der Waals surface area contributed by atoms with E-state index in [4.69, 9.17) is 0 Å². The second kappa shape index (κ2) is 7.18. The Hall–Kier alpha value is -2.80. The van der Waals surface area contributed by atoms with E-state index < -0.39 is 16.8 Å². The summed E-state index contributed by atoms with van der Waals surface area (Å²) in [5, 5.41) is 21.5. The Balaban J connectivity index is 2.25. The third-order valence-electron chi connectivity index (χ3n) is 3.69. The first-order valence-corrected chi connectivity index (χ1v) is 7.23. The largest absolute Gasteiger partial charge is 0.387 e. The minimum Gasteiger partial charge on any atom is -0.387 e. The fourth-order valence-electron chi connectivity index (χ4n) is 2.36. The number of carbonyl (C=O) groups excluding carboxylic acids is 1. The maximum atomic E-state index is 12.9. The van der Waals surface area contributed by atoms with Gasteiger partial charge in [0, 0.05) is 25.2 Å². The molecule has 7 heteroatoms. The van der Waals surface area contributed by atoms with Gasteiger partial charge in [-0.05, 0) is 36.8 Å². The normalized spacial score (nSPS) is 11.8. The average molecular weight is 332 g/mol. The van der Waals surface area contributed by atoms with Crippen LogP contribution in [0, 0.1) is 15.9 Å². The van der Waals surface area contributed by atoms with Gasteiger partial charge in [-0.3, -0.25) is 14.9 Å². The van der Waals surface area contributed by atoms with E-state index in [2.05, 4.69) is 0 Å². The zero-order valence-corrected chi connectivity index (χ0v) is 13.3. The van der Waals surface area contributed by atoms with Gasteiger partial charge in [-0.25, -0.2) is 4.39 Å². The van der Waals surface area contributed by atoms with Gasteiger partial charge in [-0.1, -0.05) is 12.1 Å². The lowest BCUT2D eigenvalue weighted by molar-refractivity contribution is -0.384. The summed E-state index contributed by atoms with van der Waals surface area (Å²) in [7, 11) is 1.60. The number of likely N-dealkylation sites (N-methyl/N-ethyl adjacent to an activating group) is 1. The molecular weight excluding hydrogens is 315 g/mol. The molecule has 0 aromatic heterocycles. The number of anilines is 1. The van der Waals surface area contributed by atoms with Crippen LogP contribution in [0.2, 0.25) is 0 Å². The number of rotatable bonds is 6. The Morgan fingerprint density at radius 3 is 2.46 bits per heavy atom. The molecule has 0 heterocycles. The molecular formula is C17H17FN2O4. The minimum atomic E-state index is -0.942. The quantitative estimate of drug-likeness (QED) is 0.499. The van der Waals surface area contributed by atoms with Crippen LogP contribution in [0.1, 0.15) is 28.9 Å². The Labute approximate surface area is 138 Å². The molecule has 6 nitrogen and oxygen atoms in total. The van der Waals surface area contributed by atoms with Crippen LogP contribution >= 0.6 is 0 Å². The zero-order valence-electron chi connectivity index (χ0n) is 13.3. The highest BCUT2D eigenvalue weighted by Gasteiger charge is 2.21. The predicted molar refractivity (Wildman–Crippen MR) is 87.7 cm³/mol. The highest BCUT2D eigenvalue weighted by Crippen LogP contribution is 2.30. The second-order valence-electron chi connectivity index (χ2n) is 5.46. The van der Waals surface area contributed by atoms with Gasteiger partial charge in [0.2, 0.25) is 0 Å². The standard InChI is InChI=1S/C17H17FN2O4/c1-11(21)13-5-8-15(16(9-13)20(23)24)19(2)10-17(22)12-3-6-14(18)7-4-12/h3-9,17,22H,10H2,1-2H3/t17-/m0/s1. The van der Waals surface area contributed by atoms with Crippen molar-refractivity contribution < 1.29 is 19.2 Å². The number of nitro groups is 1. The van der Waals surface area contributed by atoms with Crippen LogP contribution in [0.3, 0.4) is 0 Å². The average Bonchev–Trinajstić information content (AvgIpc) is 2.54. The summed E-state index contributed by atoms with van der Waals surface area (Å²) < 4.78 is 12.9. The molecule has 0 aliphatic heterocycles. The summed E-state index contributed by atoms with van der Waals surface area (Å²) in [6.07, 6.45) is -0.942. The van der Waals surface area contributed by atoms with Gasteiger partial charge in [0.05, 0.1) is 11.0 Å². The van der Waals surface area contributed by atoms with Crippen LogP contribution in [-0.2, 0) is 0 Å². The maximum Gasteiger partial charge on any atom is 0.293 e. The van der Waals surface area contributed by atoms with E-state index >= 15 is 0 Å². The molecule has 0 amide bonds. The molecule has 0 radical (unpaired) electrons. The molecule has 0 unspecified atom stereocenters. The molecule has 0 aliphatic carbocycles. The van der Waals surface area contributed by atoms with Gasteiger partial charge in [0.15, 0.2) is 5.78 Å². The van der Waals surface area contributed by atoms with Crippen LogP contribution in [0.5, 0.6) is 0 Å². The monoisotopic (exact) mass is 332 g/mol. The summed E-state index contributed by atoms with van der Waals surface area (Å²) in [6.45, 7) is 1.41. The molecule has 0 saturated heterocycles. The number of carbonyl (C=O) groups is 1. The highest BCUT2D eigenvalue weighted by molar-refractivity contribution is 5.95. The number of nitro benzene ring substituents is 1. The third kappa shape index (κ3) is 3.94. The molecule has 0 fully saturated rings. The first-order valence-electron chi connectivity index (χ1n) is 7.23. The summed E-state index contributed by atoms with van der Waals surface area (Å²) in [4.78, 5) is 23.6. The molecule has 0 saturated carbocycles. The summed E-state index contributed by atoms with van der Waals surface area (Å²) >= 11 is 0. The first kappa shape index (κ1) is 17.6. The predicted octanol–water partition coefficient (Wildman–Crippen LogP) is 3.11. The van der Waals surface area contributed by atoms with Gasteiger partial charge in [-0.2, -0.15) is 0 Å². The van der Waals surface area contributed by atoms with Crippen molar-refractivity contribution in [2.45, 2.75) is 13.0 Å². The first-order chi connectivity index (χ1) is 11.3. The minimum absolute atomic E-state index is 0.0753. The van der Waals surface area contributed by atoms with E-state index in [-0.39, 0.29) is 29.3 Å². The Kier molecular flexibility index (Phi) is 5.25. The van der Waals surface area contributed by atoms with Crippen LogP contribution < -0.4 is 4.90 Å². The molecule has 2 rings (SSSR count). The van der Waals surface area contributed by atoms with Crippen molar-refractivity contribution in [3.05, 3.63) is 69.5 Å². The van der Waals surface area contributed by atoms with Crippen molar-refractivity contribution in [3.63, 3.8) is 0 Å². The highest BCUT2D eigenvalue weighted by atomic mass is 19.1. The lowest BCUT2D eigenvalue weighted by Gasteiger charge is -2.23. The lowest BCUT2D eigenvalue weighted by atomic mass is 10.1. The van der Waals surface area contributed by atoms with Crippen molar-refractivity contribution in [1.29, 1.82) is 0 Å². The van der Waals surface area contributed by atoms with E-state index in [1.54, 1.807) is 7.05 Å². The molecule has 24 heavy (non-hydrogen) atoms. The van der Waals surface area contributed by atoms with Crippen LogP contribution in [-0.4, -0.2) is 29.4 Å². The molecule has 0 aliphatic rings. The second-order valence-corrected chi connectivity index (χ2v) is 5.46. The van der Waals surface area contributed by atoms with E-state index in [0.29, 0.717) is 5.56 Å². The van der Waals surface area contributed by atoms with Crippen molar-refractivity contribution in [3.8, 4) is 0 Å². The van der Waals surface area contributed by atoms with Crippen LogP contribution in [0.15, 0.2) is 42.5 Å². The van der Waals surface area contributed by atoms with Gasteiger partial charge in [0.1, 0.15) is 11.5 Å². The van der Waals surface area contributed by atoms with E-state index in [1.165, 1.54) is 54.3 Å². The molecule has 0 bridgehead atoms. The number of halogens is 1. The van der Waals surface area contributed by atoms with Gasteiger partial charge >= 0.3 is 0 Å². The van der Waals surface area contributed by atoms with Crippen molar-refractivity contribution in [1.82, 2.24) is 0 Å². The lowest BCUT2D eigenvalue weighted by Crippen LogP contribution is -2.25. The molecule has 1 N–H and O–H groups in total. The number of nitrogens with zero attached hydrogens (tertiary/aromatic N) is 2. The molecule has 2 aromatic carbocycles. The van der Waals surface area contributed by atoms with Crippen LogP contribution in [0.25, 0.3) is 0 Å². The summed E-state index contributed by atoms with van der Waals surface area (Å²) in [6, 6.07) is 9.60. The molecule has 1 atom stereocenters. The summed E-state index contributed by atoms with van der Waals surface area (Å²) in [5.74, 6) is -0.673. The number of ketones is 1. The number of aliphatic hydroxyl groups excluding tert-OH is 1. The van der Waals surface area contributed by atoms with E-state index in [1.807, 2.05) is 0 Å². The van der Waals surface area contributed by atoms with Gasteiger partial charge in [-0.15, -0.1) is 0 Å². The smallest absolute Gasteiger partial charge is 0.293 e. The Bertz CT molecular complexity index is 762. The number of hydrogen-bond donors (Lipinski definition) is 1. The number of aliphatic hydroxyl groups is 1. The maximum absolute atomic E-state index is 12.9.